The maximum atomic E-state index is 12.1. The van der Waals surface area contributed by atoms with Crippen LogP contribution in [0.15, 0.2) is 0 Å². The number of nitrogens with zero attached hydrogens (tertiary/aromatic N) is 1. The van der Waals surface area contributed by atoms with Gasteiger partial charge in [0.2, 0.25) is 0 Å². The van der Waals surface area contributed by atoms with E-state index >= 15 is 0 Å². The Morgan fingerprint density at radius 3 is 2.21 bits per heavy atom. The molecule has 1 aliphatic carbocycles. The van der Waals surface area contributed by atoms with E-state index in [1.807, 2.05) is 6.92 Å². The van der Waals surface area contributed by atoms with E-state index in [1.165, 1.54) is 0 Å². The smallest absolute Gasteiger partial charge is 0.448 e. The molecule has 0 saturated heterocycles. The fourth-order valence-electron chi connectivity index (χ4n) is 1.53. The van der Waals surface area contributed by atoms with Crippen LogP contribution in [0, 0.1) is 5.92 Å². The van der Waals surface area contributed by atoms with Crippen LogP contribution in [0.1, 0.15) is 26.2 Å². The first-order valence-electron chi connectivity index (χ1n) is 4.94. The molecule has 14 heavy (non-hydrogen) atoms. The van der Waals surface area contributed by atoms with Crippen molar-refractivity contribution in [1.29, 1.82) is 0 Å². The zero-order chi connectivity index (χ0) is 9.90. The van der Waals surface area contributed by atoms with Gasteiger partial charge in [-0.1, -0.05) is 6.92 Å². The molecule has 0 amide bonds. The van der Waals surface area contributed by atoms with E-state index in [0.717, 1.165) is 19.3 Å². The van der Waals surface area contributed by atoms with Gasteiger partial charge in [0, 0.05) is 0 Å². The summed E-state index contributed by atoms with van der Waals surface area (Å²) in [5, 5.41) is 0. The van der Waals surface area contributed by atoms with E-state index in [1.54, 1.807) is 4.90 Å². The molecule has 0 bridgehead atoms. The molecule has 1 saturated carbocycles. The van der Waals surface area contributed by atoms with Crippen LogP contribution in [-0.2, 0) is 0 Å². The summed E-state index contributed by atoms with van der Waals surface area (Å²) in [5.74, 6) is 0.546. The summed E-state index contributed by atoms with van der Waals surface area (Å²) >= 11 is 0. The van der Waals surface area contributed by atoms with Crippen molar-refractivity contribution < 1.29 is 64.3 Å². The first-order valence-corrected chi connectivity index (χ1v) is 4.94. The first-order chi connectivity index (χ1) is 6.01. The summed E-state index contributed by atoms with van der Waals surface area (Å²) < 4.78 is 36.4. The second-order valence-electron chi connectivity index (χ2n) is 3.91. The third kappa shape index (κ3) is 7.71. The van der Waals surface area contributed by atoms with E-state index in [2.05, 4.69) is 0 Å². The number of hydrogen-bond donors (Lipinski definition) is 0. The van der Waals surface area contributed by atoms with Crippen molar-refractivity contribution in [2.45, 2.75) is 26.2 Å². The van der Waals surface area contributed by atoms with Gasteiger partial charge in [0.25, 0.3) is 0 Å². The Morgan fingerprint density at radius 2 is 1.86 bits per heavy atom. The molecule has 0 aromatic carbocycles. The van der Waals surface area contributed by atoms with Crippen LogP contribution < -0.4 is 51.4 Å². The normalized spacial score (nSPS) is 16.9. The van der Waals surface area contributed by atoms with Crippen molar-refractivity contribution in [2.75, 3.05) is 19.5 Å². The Hall–Kier alpha value is 1.45. The van der Waals surface area contributed by atoms with Gasteiger partial charge < -0.3 is 17.8 Å². The van der Waals surface area contributed by atoms with Gasteiger partial charge in [-0.2, -0.15) is 0 Å². The molecule has 78 valence electrons. The summed E-state index contributed by atoms with van der Waals surface area (Å²) in [5.41, 5.74) is 0. The number of hydrogen-bond acceptors (Lipinski definition) is 1. The van der Waals surface area contributed by atoms with E-state index in [-0.39, 0.29) is 51.4 Å². The Bertz CT molecular complexity index is 161. The molecular weight excluding hydrogens is 217 g/mol. The van der Waals surface area contributed by atoms with Gasteiger partial charge in [0.15, 0.2) is 0 Å². The molecule has 6 heteroatoms. The predicted molar refractivity (Wildman–Crippen MR) is 48.5 cm³/mol. The SMILES string of the molecule is CCCN(CC1CC1)C[B-](F)(F)F.[K+]. The Morgan fingerprint density at radius 1 is 1.29 bits per heavy atom. The van der Waals surface area contributed by atoms with Gasteiger partial charge in [0.1, 0.15) is 0 Å². The van der Waals surface area contributed by atoms with Crippen LogP contribution in [0.4, 0.5) is 12.9 Å². The van der Waals surface area contributed by atoms with Gasteiger partial charge in [-0.25, -0.2) is 0 Å². The molecule has 1 rings (SSSR count). The summed E-state index contributed by atoms with van der Waals surface area (Å²) in [6, 6.07) is 0. The Kier molecular flexibility index (Phi) is 7.63. The number of halogens is 3. The molecule has 0 atom stereocenters. The van der Waals surface area contributed by atoms with Crippen molar-refractivity contribution in [2.24, 2.45) is 5.92 Å². The molecule has 0 N–H and O–H groups in total. The molecule has 1 aliphatic rings. The third-order valence-corrected chi connectivity index (χ3v) is 2.22. The molecule has 1 fully saturated rings. The zero-order valence-corrected chi connectivity index (χ0v) is 12.1. The largest absolute Gasteiger partial charge is 1.00 e. The van der Waals surface area contributed by atoms with Crippen LogP contribution in [-0.4, -0.2) is 31.4 Å². The molecule has 0 unspecified atom stereocenters. The monoisotopic (exact) mass is 233 g/mol. The van der Waals surface area contributed by atoms with Crippen LogP contribution in [0.3, 0.4) is 0 Å². The number of rotatable bonds is 6. The van der Waals surface area contributed by atoms with Crippen molar-refractivity contribution in [3.8, 4) is 0 Å². The van der Waals surface area contributed by atoms with Gasteiger partial charge >= 0.3 is 58.4 Å². The maximum Gasteiger partial charge on any atom is 1.00 e. The molecule has 1 nitrogen and oxygen atoms in total. The van der Waals surface area contributed by atoms with Crippen LogP contribution in [0.25, 0.3) is 0 Å². The predicted octanol–water partition coefficient (Wildman–Crippen LogP) is -0.501. The fourth-order valence-corrected chi connectivity index (χ4v) is 1.53. The van der Waals surface area contributed by atoms with Gasteiger partial charge in [-0.3, -0.25) is 0 Å². The summed E-state index contributed by atoms with van der Waals surface area (Å²) in [7, 11) is 0. The second kappa shape index (κ2) is 6.91. The maximum absolute atomic E-state index is 12.1. The van der Waals surface area contributed by atoms with E-state index < -0.39 is 13.4 Å². The topological polar surface area (TPSA) is 3.24 Å². The van der Waals surface area contributed by atoms with Crippen molar-refractivity contribution >= 4 is 6.98 Å². The van der Waals surface area contributed by atoms with Gasteiger partial charge in [-0.15, -0.1) is 0 Å². The average molecular weight is 233 g/mol. The summed E-state index contributed by atoms with van der Waals surface area (Å²) in [4.78, 5) is 1.55. The average Bonchev–Trinajstić information content (AvgIpc) is 2.68. The molecule has 0 heterocycles. The Labute approximate surface area is 126 Å². The minimum Gasteiger partial charge on any atom is -0.448 e. The summed E-state index contributed by atoms with van der Waals surface area (Å²) in [6.07, 6.45) is 2.36. The van der Waals surface area contributed by atoms with Gasteiger partial charge in [0.05, 0.1) is 0 Å². The van der Waals surface area contributed by atoms with Crippen LogP contribution >= 0.6 is 0 Å². The van der Waals surface area contributed by atoms with Crippen molar-refractivity contribution in [3.05, 3.63) is 0 Å². The van der Waals surface area contributed by atoms with E-state index in [9.17, 15) is 12.9 Å². The fraction of sp³-hybridized carbons (Fsp3) is 1.00. The summed E-state index contributed by atoms with van der Waals surface area (Å²) in [6.45, 7) is -1.49. The molecular formula is C8H16BF3KN. The third-order valence-electron chi connectivity index (χ3n) is 2.22. The van der Waals surface area contributed by atoms with Crippen LogP contribution in [0.2, 0.25) is 0 Å². The van der Waals surface area contributed by atoms with Crippen LogP contribution in [0.5, 0.6) is 0 Å². The quantitative estimate of drug-likeness (QED) is 0.559. The van der Waals surface area contributed by atoms with Crippen molar-refractivity contribution in [3.63, 3.8) is 0 Å². The standard InChI is InChI=1S/C8H16BF3N.K/c1-2-5-13(6-8-3-4-8)7-9(10,11)12;/h8H,2-7H2,1H3;/q-1;+1. The minimum absolute atomic E-state index is 0. The molecule has 0 radical (unpaired) electrons. The minimum atomic E-state index is -4.64. The molecule has 0 aromatic rings. The Balaban J connectivity index is 0.00000169. The molecule has 0 spiro atoms. The van der Waals surface area contributed by atoms with E-state index in [0.29, 0.717) is 19.0 Å². The molecule has 0 aliphatic heterocycles. The first kappa shape index (κ1) is 15.5. The van der Waals surface area contributed by atoms with E-state index in [4.69, 9.17) is 0 Å². The zero-order valence-electron chi connectivity index (χ0n) is 8.98. The van der Waals surface area contributed by atoms with Gasteiger partial charge in [-0.05, 0) is 44.7 Å². The molecule has 0 aromatic heterocycles. The second-order valence-corrected chi connectivity index (χ2v) is 3.91. The van der Waals surface area contributed by atoms with Crippen molar-refractivity contribution in [1.82, 2.24) is 4.90 Å².